The van der Waals surface area contributed by atoms with Crippen LogP contribution in [0.3, 0.4) is 0 Å². The Morgan fingerprint density at radius 2 is 2.15 bits per heavy atom. The average Bonchev–Trinajstić information content (AvgIpc) is 3.33. The van der Waals surface area contributed by atoms with E-state index in [1.165, 1.54) is 11.8 Å². The van der Waals surface area contributed by atoms with E-state index in [-0.39, 0.29) is 0 Å². The van der Waals surface area contributed by atoms with Crippen molar-refractivity contribution in [2.24, 2.45) is 5.73 Å². The summed E-state index contributed by atoms with van der Waals surface area (Å²) in [6.07, 6.45) is 0. The zero-order valence-electron chi connectivity index (χ0n) is 13.8. The standard InChI is InChI=1S/C16H14N6O3S2/c17-5-6-26-12-4-2-9(13(14(12)27-24)15-19-21-22-20-15)8-1-3-10-11(7-8)25-16(23)18-10/h1-4,7,24H,5-6,17H2,(H,18,23)(H,19,20,21,22). The molecule has 0 aliphatic carbocycles. The molecule has 0 bridgehead atoms. The summed E-state index contributed by atoms with van der Waals surface area (Å²) < 4.78 is 15.1. The summed E-state index contributed by atoms with van der Waals surface area (Å²) in [6, 6.07) is 9.19. The lowest BCUT2D eigenvalue weighted by molar-refractivity contribution is 0.555. The number of rotatable bonds is 6. The number of fused-ring (bicyclic) bond motifs is 1. The van der Waals surface area contributed by atoms with Crippen molar-refractivity contribution in [1.82, 2.24) is 25.6 Å². The molecule has 0 saturated heterocycles. The van der Waals surface area contributed by atoms with E-state index in [0.717, 1.165) is 16.0 Å². The normalized spacial score (nSPS) is 11.3. The fourth-order valence-electron chi connectivity index (χ4n) is 2.78. The van der Waals surface area contributed by atoms with Crippen LogP contribution in [0.5, 0.6) is 0 Å². The van der Waals surface area contributed by atoms with E-state index in [1.807, 2.05) is 18.2 Å². The Bertz CT molecular complexity index is 1140. The number of benzene rings is 2. The molecule has 11 heteroatoms. The molecule has 0 unspecified atom stereocenters. The number of aromatic amines is 2. The molecular formula is C16H14N6O3S2. The molecule has 9 nitrogen and oxygen atoms in total. The van der Waals surface area contributed by atoms with Gasteiger partial charge >= 0.3 is 5.76 Å². The largest absolute Gasteiger partial charge is 0.417 e. The van der Waals surface area contributed by atoms with Gasteiger partial charge in [-0.15, -0.1) is 22.0 Å². The quantitative estimate of drug-likeness (QED) is 0.282. The number of tetrazole rings is 1. The van der Waals surface area contributed by atoms with Gasteiger partial charge in [-0.3, -0.25) is 4.98 Å². The van der Waals surface area contributed by atoms with Crippen molar-refractivity contribution in [3.63, 3.8) is 0 Å². The highest BCUT2D eigenvalue weighted by Crippen LogP contribution is 2.42. The number of thioether (sulfide) groups is 1. The highest BCUT2D eigenvalue weighted by molar-refractivity contribution is 8.00. The molecule has 0 saturated carbocycles. The first kappa shape index (κ1) is 17.8. The minimum Gasteiger partial charge on any atom is -0.408 e. The monoisotopic (exact) mass is 402 g/mol. The highest BCUT2D eigenvalue weighted by atomic mass is 32.2. The first-order valence-corrected chi connectivity index (χ1v) is 9.65. The van der Waals surface area contributed by atoms with E-state index >= 15 is 0 Å². The first-order chi connectivity index (χ1) is 13.2. The number of hydrogen-bond acceptors (Lipinski definition) is 9. The van der Waals surface area contributed by atoms with Gasteiger partial charge in [0.15, 0.2) is 5.58 Å². The summed E-state index contributed by atoms with van der Waals surface area (Å²) >= 11 is 2.16. The SMILES string of the molecule is NCCSc1ccc(-c2ccc3[nH]c(=O)oc3c2)c(-c2nn[nH]n2)c1SO. The summed E-state index contributed by atoms with van der Waals surface area (Å²) in [5, 5.41) is 14.2. The van der Waals surface area contributed by atoms with Crippen molar-refractivity contribution in [3.05, 3.63) is 40.9 Å². The molecule has 0 radical (unpaired) electrons. The maximum absolute atomic E-state index is 11.4. The number of hydrogen-bond donors (Lipinski definition) is 4. The lowest BCUT2D eigenvalue weighted by Crippen LogP contribution is -2.01. The van der Waals surface area contributed by atoms with Crippen LogP contribution in [0.15, 0.2) is 49.3 Å². The van der Waals surface area contributed by atoms with Crippen LogP contribution < -0.4 is 11.5 Å². The third-order valence-corrected chi connectivity index (χ3v) is 5.72. The molecule has 0 amide bonds. The Hall–Kier alpha value is -2.60. The molecule has 0 aliphatic rings. The Kier molecular flexibility index (Phi) is 4.99. The number of aromatic nitrogens is 5. The molecule has 138 valence electrons. The molecule has 2 aromatic heterocycles. The van der Waals surface area contributed by atoms with Crippen LogP contribution in [0.4, 0.5) is 0 Å². The van der Waals surface area contributed by atoms with Crippen LogP contribution in [0.1, 0.15) is 0 Å². The zero-order chi connectivity index (χ0) is 18.8. The smallest absolute Gasteiger partial charge is 0.408 e. The summed E-state index contributed by atoms with van der Waals surface area (Å²) in [5.41, 5.74) is 8.85. The second kappa shape index (κ2) is 7.56. The molecule has 0 spiro atoms. The Labute approximate surface area is 160 Å². The minimum absolute atomic E-state index is 0.354. The third kappa shape index (κ3) is 3.37. The maximum Gasteiger partial charge on any atom is 0.417 e. The van der Waals surface area contributed by atoms with Crippen molar-refractivity contribution in [2.75, 3.05) is 12.3 Å². The van der Waals surface area contributed by atoms with E-state index in [9.17, 15) is 9.35 Å². The predicted molar refractivity (Wildman–Crippen MR) is 104 cm³/mol. The molecule has 2 aromatic carbocycles. The van der Waals surface area contributed by atoms with Crippen LogP contribution >= 0.6 is 23.8 Å². The first-order valence-electron chi connectivity index (χ1n) is 7.89. The third-order valence-electron chi connectivity index (χ3n) is 3.89. The van der Waals surface area contributed by atoms with Gasteiger partial charge in [-0.25, -0.2) is 4.79 Å². The van der Waals surface area contributed by atoms with Gasteiger partial charge in [-0.2, -0.15) is 5.21 Å². The molecule has 27 heavy (non-hydrogen) atoms. The van der Waals surface area contributed by atoms with Gasteiger partial charge in [0, 0.05) is 34.8 Å². The van der Waals surface area contributed by atoms with Gasteiger partial charge < -0.3 is 14.7 Å². The summed E-state index contributed by atoms with van der Waals surface area (Å²) in [7, 11) is 0. The van der Waals surface area contributed by atoms with E-state index < -0.39 is 5.76 Å². The van der Waals surface area contributed by atoms with E-state index in [4.69, 9.17) is 10.2 Å². The number of oxazole rings is 1. The minimum atomic E-state index is -0.513. The van der Waals surface area contributed by atoms with Gasteiger partial charge in [-0.1, -0.05) is 12.1 Å². The van der Waals surface area contributed by atoms with Crippen molar-refractivity contribution < 1.29 is 8.97 Å². The molecular weight excluding hydrogens is 388 g/mol. The maximum atomic E-state index is 11.4. The van der Waals surface area contributed by atoms with E-state index in [2.05, 4.69) is 25.6 Å². The number of nitrogens with one attached hydrogen (secondary N) is 2. The lowest BCUT2D eigenvalue weighted by atomic mass is 9.99. The Morgan fingerprint density at radius 3 is 2.89 bits per heavy atom. The molecule has 4 rings (SSSR count). The van der Waals surface area contributed by atoms with Gasteiger partial charge in [-0.05, 0) is 34.5 Å². The molecule has 2 heterocycles. The van der Waals surface area contributed by atoms with Gasteiger partial charge in [0.05, 0.1) is 10.4 Å². The van der Waals surface area contributed by atoms with Crippen molar-refractivity contribution in [2.45, 2.75) is 9.79 Å². The number of nitrogens with zero attached hydrogens (tertiary/aromatic N) is 3. The topological polar surface area (TPSA) is 147 Å². The fraction of sp³-hybridized carbons (Fsp3) is 0.125. The van der Waals surface area contributed by atoms with Crippen LogP contribution in [-0.2, 0) is 0 Å². The van der Waals surface area contributed by atoms with Crippen molar-refractivity contribution in [3.8, 4) is 22.5 Å². The number of H-pyrrole nitrogens is 2. The van der Waals surface area contributed by atoms with Gasteiger partial charge in [0.25, 0.3) is 0 Å². The fourth-order valence-corrected chi connectivity index (χ4v) is 4.25. The lowest BCUT2D eigenvalue weighted by Gasteiger charge is -2.14. The van der Waals surface area contributed by atoms with Crippen LogP contribution in [0.2, 0.25) is 0 Å². The second-order valence-corrected chi connectivity index (χ2v) is 7.23. The van der Waals surface area contributed by atoms with Gasteiger partial charge in [0.2, 0.25) is 5.82 Å². The number of nitrogens with two attached hydrogens (primary N) is 1. The molecule has 0 atom stereocenters. The molecule has 0 aliphatic heterocycles. The van der Waals surface area contributed by atoms with Crippen molar-refractivity contribution >= 4 is 34.9 Å². The zero-order valence-corrected chi connectivity index (χ0v) is 15.4. The molecule has 5 N–H and O–H groups in total. The predicted octanol–water partition coefficient (Wildman–Crippen LogP) is 2.58. The highest BCUT2D eigenvalue weighted by Gasteiger charge is 2.21. The summed E-state index contributed by atoms with van der Waals surface area (Å²) in [6.45, 7) is 0.517. The van der Waals surface area contributed by atoms with Crippen molar-refractivity contribution in [1.29, 1.82) is 0 Å². The second-order valence-electron chi connectivity index (χ2n) is 5.50. The van der Waals surface area contributed by atoms with E-state index in [0.29, 0.717) is 51.7 Å². The van der Waals surface area contributed by atoms with E-state index in [1.54, 1.807) is 12.1 Å². The Morgan fingerprint density at radius 1 is 1.26 bits per heavy atom. The van der Waals surface area contributed by atoms with Crippen LogP contribution in [0.25, 0.3) is 33.6 Å². The Balaban J connectivity index is 1.94. The average molecular weight is 402 g/mol. The summed E-state index contributed by atoms with van der Waals surface area (Å²) in [5.74, 6) is 0.548. The summed E-state index contributed by atoms with van der Waals surface area (Å²) in [4.78, 5) is 15.5. The molecule has 4 aromatic rings. The van der Waals surface area contributed by atoms with Crippen LogP contribution in [-0.4, -0.2) is 42.5 Å². The van der Waals surface area contributed by atoms with Crippen LogP contribution in [0, 0.1) is 0 Å². The molecule has 0 fully saturated rings. The van der Waals surface area contributed by atoms with Gasteiger partial charge in [0.1, 0.15) is 0 Å².